The van der Waals surface area contributed by atoms with Crippen LogP contribution < -0.4 is 11.3 Å². The van der Waals surface area contributed by atoms with Crippen LogP contribution in [-0.4, -0.2) is 4.98 Å². The normalized spacial score (nSPS) is 13.2. The van der Waals surface area contributed by atoms with Gasteiger partial charge >= 0.3 is 6.18 Å². The molecule has 112 valence electrons. The topological polar surface area (TPSA) is 50.9 Å². The van der Waals surface area contributed by atoms with Crippen molar-refractivity contribution in [3.05, 3.63) is 63.6 Å². The van der Waals surface area contributed by atoms with Crippen molar-refractivity contribution < 1.29 is 17.6 Å². The molecule has 0 spiro atoms. The van der Waals surface area contributed by atoms with Gasteiger partial charge in [-0.05, 0) is 18.2 Å². The predicted octanol–water partition coefficient (Wildman–Crippen LogP) is 3.55. The number of alkyl halides is 3. The average molecular weight is 364 g/mol. The van der Waals surface area contributed by atoms with E-state index in [-0.39, 0.29) is 11.1 Å². The molecule has 1 aromatic heterocycles. The molecule has 0 saturated carbocycles. The second kappa shape index (κ2) is 6.08. The van der Waals surface area contributed by atoms with Gasteiger partial charge in [0.2, 0.25) is 0 Å². The molecule has 1 heterocycles. The summed E-state index contributed by atoms with van der Waals surface area (Å²) in [7, 11) is 0. The summed E-state index contributed by atoms with van der Waals surface area (Å²) in [6, 6.07) is 3.70. The highest BCUT2D eigenvalue weighted by Gasteiger charge is 2.36. The van der Waals surface area contributed by atoms with Gasteiger partial charge in [-0.2, -0.15) is 13.2 Å². The van der Waals surface area contributed by atoms with E-state index in [2.05, 4.69) is 26.3 Å². The smallest absolute Gasteiger partial charge is 0.271 e. The zero-order valence-electron chi connectivity index (χ0n) is 10.5. The van der Waals surface area contributed by atoms with E-state index in [4.69, 9.17) is 5.84 Å². The third-order valence-electron chi connectivity index (χ3n) is 2.91. The number of benzene rings is 1. The monoisotopic (exact) mass is 363 g/mol. The van der Waals surface area contributed by atoms with Crippen molar-refractivity contribution in [1.29, 1.82) is 0 Å². The first-order valence-corrected chi connectivity index (χ1v) is 6.56. The molecular weight excluding hydrogens is 354 g/mol. The highest BCUT2D eigenvalue weighted by molar-refractivity contribution is 9.10. The van der Waals surface area contributed by atoms with Crippen molar-refractivity contribution in [1.82, 2.24) is 10.4 Å². The van der Waals surface area contributed by atoms with Gasteiger partial charge in [0, 0.05) is 28.0 Å². The van der Waals surface area contributed by atoms with Crippen molar-refractivity contribution in [3.8, 4) is 0 Å². The Balaban J connectivity index is 2.57. The van der Waals surface area contributed by atoms with Crippen LogP contribution in [-0.2, 0) is 6.18 Å². The number of nitrogens with zero attached hydrogens (tertiary/aromatic N) is 1. The number of hydrogen-bond donors (Lipinski definition) is 2. The minimum Gasteiger partial charge on any atom is -0.271 e. The molecule has 0 amide bonds. The van der Waals surface area contributed by atoms with E-state index in [0.717, 1.165) is 24.5 Å². The maximum absolute atomic E-state index is 14.0. The molecule has 1 aromatic carbocycles. The molecular formula is C13H10BrF4N3. The number of nitrogens with one attached hydrogen (secondary N) is 1. The van der Waals surface area contributed by atoms with Crippen LogP contribution in [0, 0.1) is 5.82 Å². The van der Waals surface area contributed by atoms with Gasteiger partial charge in [-0.3, -0.25) is 10.8 Å². The molecule has 0 aliphatic rings. The fourth-order valence-corrected chi connectivity index (χ4v) is 2.31. The number of rotatable bonds is 3. The summed E-state index contributed by atoms with van der Waals surface area (Å²) < 4.78 is 53.5. The van der Waals surface area contributed by atoms with E-state index in [1.165, 1.54) is 12.1 Å². The van der Waals surface area contributed by atoms with Gasteiger partial charge in [-0.1, -0.05) is 22.0 Å². The predicted molar refractivity (Wildman–Crippen MR) is 72.5 cm³/mol. The Morgan fingerprint density at radius 3 is 2.48 bits per heavy atom. The molecule has 1 atom stereocenters. The molecule has 2 aromatic rings. The minimum absolute atomic E-state index is 0.000741. The highest BCUT2D eigenvalue weighted by atomic mass is 79.9. The number of hydrazine groups is 1. The van der Waals surface area contributed by atoms with E-state index in [1.807, 2.05) is 0 Å². The van der Waals surface area contributed by atoms with Crippen molar-refractivity contribution >= 4 is 15.9 Å². The van der Waals surface area contributed by atoms with Crippen LogP contribution in [0.5, 0.6) is 0 Å². The lowest BCUT2D eigenvalue weighted by atomic mass is 9.96. The van der Waals surface area contributed by atoms with E-state index in [9.17, 15) is 17.6 Å². The second-order valence-corrected chi connectivity index (χ2v) is 5.14. The Morgan fingerprint density at radius 1 is 1.19 bits per heavy atom. The lowest BCUT2D eigenvalue weighted by Crippen LogP contribution is -2.31. The maximum atomic E-state index is 14.0. The Kier molecular flexibility index (Phi) is 4.60. The molecule has 2 rings (SSSR count). The number of pyridine rings is 1. The molecule has 0 radical (unpaired) electrons. The first kappa shape index (κ1) is 15.9. The first-order valence-electron chi connectivity index (χ1n) is 5.76. The molecule has 0 bridgehead atoms. The lowest BCUT2D eigenvalue weighted by molar-refractivity contribution is -0.138. The number of halogens is 5. The van der Waals surface area contributed by atoms with Crippen LogP contribution in [0.4, 0.5) is 17.6 Å². The third kappa shape index (κ3) is 3.39. The van der Waals surface area contributed by atoms with Crippen molar-refractivity contribution in [2.24, 2.45) is 5.84 Å². The standard InChI is InChI=1S/C13H10BrF4N3/c14-7-1-2-8(11(15)5-7)12(21-19)9-6-20-4-3-10(9)13(16,17)18/h1-6,12,21H,19H2. The van der Waals surface area contributed by atoms with Gasteiger partial charge in [0.25, 0.3) is 0 Å². The average Bonchev–Trinajstić information content (AvgIpc) is 2.41. The molecule has 1 unspecified atom stereocenters. The number of aromatic nitrogens is 1. The Morgan fingerprint density at radius 2 is 1.90 bits per heavy atom. The Labute approximate surface area is 126 Å². The maximum Gasteiger partial charge on any atom is 0.416 e. The molecule has 3 N–H and O–H groups in total. The van der Waals surface area contributed by atoms with Crippen LogP contribution in [0.3, 0.4) is 0 Å². The second-order valence-electron chi connectivity index (χ2n) is 4.23. The molecule has 3 nitrogen and oxygen atoms in total. The van der Waals surface area contributed by atoms with Crippen molar-refractivity contribution in [2.45, 2.75) is 12.2 Å². The molecule has 0 saturated heterocycles. The summed E-state index contributed by atoms with van der Waals surface area (Å²) in [4.78, 5) is 3.67. The highest BCUT2D eigenvalue weighted by Crippen LogP contribution is 2.36. The summed E-state index contributed by atoms with van der Waals surface area (Å²) >= 11 is 3.09. The summed E-state index contributed by atoms with van der Waals surface area (Å²) in [5.74, 6) is 4.66. The fraction of sp³-hybridized carbons (Fsp3) is 0.154. The van der Waals surface area contributed by atoms with Crippen LogP contribution in [0.15, 0.2) is 41.1 Å². The first-order chi connectivity index (χ1) is 9.84. The van der Waals surface area contributed by atoms with Crippen LogP contribution in [0.25, 0.3) is 0 Å². The van der Waals surface area contributed by atoms with Crippen LogP contribution >= 0.6 is 15.9 Å². The molecule has 0 fully saturated rings. The van der Waals surface area contributed by atoms with Gasteiger partial charge in [-0.15, -0.1) is 0 Å². The van der Waals surface area contributed by atoms with Crippen molar-refractivity contribution in [2.75, 3.05) is 0 Å². The number of nitrogens with two attached hydrogens (primary N) is 1. The van der Waals surface area contributed by atoms with Gasteiger partial charge in [0.15, 0.2) is 0 Å². The number of hydrogen-bond acceptors (Lipinski definition) is 3. The van der Waals surface area contributed by atoms with Gasteiger partial charge in [-0.25, -0.2) is 9.82 Å². The van der Waals surface area contributed by atoms with Gasteiger partial charge in [0.05, 0.1) is 11.6 Å². The van der Waals surface area contributed by atoms with Gasteiger partial charge < -0.3 is 0 Å². The summed E-state index contributed by atoms with van der Waals surface area (Å²) in [6.07, 6.45) is -2.54. The minimum atomic E-state index is -4.58. The molecule has 21 heavy (non-hydrogen) atoms. The fourth-order valence-electron chi connectivity index (χ4n) is 1.98. The third-order valence-corrected chi connectivity index (χ3v) is 3.40. The zero-order valence-corrected chi connectivity index (χ0v) is 12.0. The van der Waals surface area contributed by atoms with E-state index in [1.54, 1.807) is 0 Å². The van der Waals surface area contributed by atoms with E-state index >= 15 is 0 Å². The quantitative estimate of drug-likeness (QED) is 0.498. The van der Waals surface area contributed by atoms with Crippen LogP contribution in [0.1, 0.15) is 22.7 Å². The summed E-state index contributed by atoms with van der Waals surface area (Å²) in [6.45, 7) is 0. The SMILES string of the molecule is NNC(c1ccc(Br)cc1F)c1cnccc1C(F)(F)F. The molecule has 0 aliphatic heterocycles. The van der Waals surface area contributed by atoms with Crippen LogP contribution in [0.2, 0.25) is 0 Å². The zero-order chi connectivity index (χ0) is 15.6. The Bertz CT molecular complexity index is 646. The summed E-state index contributed by atoms with van der Waals surface area (Å²) in [5, 5.41) is 0. The lowest BCUT2D eigenvalue weighted by Gasteiger charge is -2.21. The molecule has 8 heteroatoms. The summed E-state index contributed by atoms with van der Waals surface area (Å²) in [5.41, 5.74) is 1.06. The largest absolute Gasteiger partial charge is 0.416 e. The molecule has 0 aliphatic carbocycles. The van der Waals surface area contributed by atoms with E-state index in [0.29, 0.717) is 4.47 Å². The van der Waals surface area contributed by atoms with Crippen molar-refractivity contribution in [3.63, 3.8) is 0 Å². The van der Waals surface area contributed by atoms with Gasteiger partial charge in [0.1, 0.15) is 5.82 Å². The van der Waals surface area contributed by atoms with E-state index < -0.39 is 23.6 Å². The Hall–Kier alpha value is -1.51.